The largest absolute Gasteiger partial charge is 0.481 e. The van der Waals surface area contributed by atoms with Crippen molar-refractivity contribution in [1.29, 1.82) is 0 Å². The van der Waals surface area contributed by atoms with Crippen LogP contribution in [-0.4, -0.2) is 30.7 Å². The number of hydrogen-bond acceptors (Lipinski definition) is 2. The van der Waals surface area contributed by atoms with Gasteiger partial charge in [-0.15, -0.1) is 0 Å². The number of carboxylic acids is 1. The van der Waals surface area contributed by atoms with Crippen LogP contribution in [0, 0.1) is 0 Å². The number of aliphatic carboxylic acids is 1. The Kier molecular flexibility index (Phi) is 4.11. The van der Waals surface area contributed by atoms with Gasteiger partial charge in [0.2, 0.25) is 11.3 Å². The van der Waals surface area contributed by atoms with Crippen molar-refractivity contribution < 1.29 is 18.7 Å². The molecule has 0 aromatic heterocycles. The lowest BCUT2D eigenvalue weighted by Crippen LogP contribution is -2.25. The maximum absolute atomic E-state index is 11.2. The number of carbonyl (C=O) groups is 1. The zero-order chi connectivity index (χ0) is 13.1. The lowest BCUT2D eigenvalue weighted by Gasteiger charge is -2.14. The summed E-state index contributed by atoms with van der Waals surface area (Å²) in [5.41, 5.74) is 1.91. The summed E-state index contributed by atoms with van der Waals surface area (Å²) in [6, 6.07) is 7.53. The Labute approximate surface area is 108 Å². The highest BCUT2D eigenvalue weighted by molar-refractivity contribution is 7.76. The molecule has 1 aromatic rings. The monoisotopic (exact) mass is 269 g/mol. The highest BCUT2D eigenvalue weighted by atomic mass is 32.2. The molecule has 1 heterocycles. The van der Waals surface area contributed by atoms with E-state index >= 15 is 0 Å². The standard InChI is InChI=1S/C12H15NO4S/c14-12(15)7-9-5-6-13(18(16)17)8-10-3-1-2-4-11(9)10/h1-4,9H,5-8H2,(H,14,15)(H,16,17). The molecule has 0 saturated heterocycles. The topological polar surface area (TPSA) is 77.8 Å². The Morgan fingerprint density at radius 3 is 2.83 bits per heavy atom. The van der Waals surface area contributed by atoms with Crippen molar-refractivity contribution in [2.75, 3.05) is 6.54 Å². The number of fused-ring (bicyclic) bond motifs is 1. The third-order valence-corrected chi connectivity index (χ3v) is 3.96. The first-order chi connectivity index (χ1) is 8.58. The zero-order valence-corrected chi connectivity index (χ0v) is 10.6. The van der Waals surface area contributed by atoms with E-state index in [0.29, 0.717) is 19.5 Å². The molecule has 1 aromatic carbocycles. The molecule has 1 aliphatic rings. The summed E-state index contributed by atoms with van der Waals surface area (Å²) >= 11 is -2.01. The molecular weight excluding hydrogens is 254 g/mol. The quantitative estimate of drug-likeness (QED) is 0.817. The van der Waals surface area contributed by atoms with E-state index in [0.717, 1.165) is 11.1 Å². The minimum atomic E-state index is -2.01. The average molecular weight is 269 g/mol. The molecule has 18 heavy (non-hydrogen) atoms. The van der Waals surface area contributed by atoms with E-state index in [4.69, 9.17) is 5.11 Å². The normalized spacial score (nSPS) is 21.9. The van der Waals surface area contributed by atoms with E-state index in [1.165, 1.54) is 4.31 Å². The summed E-state index contributed by atoms with van der Waals surface area (Å²) in [4.78, 5) is 10.9. The summed E-state index contributed by atoms with van der Waals surface area (Å²) in [6.45, 7) is 0.811. The SMILES string of the molecule is O=C(O)CC1CCN(S(=O)O)Cc2ccccc21. The molecule has 6 heteroatoms. The van der Waals surface area contributed by atoms with E-state index in [9.17, 15) is 13.6 Å². The molecule has 2 unspecified atom stereocenters. The molecule has 1 aliphatic heterocycles. The smallest absolute Gasteiger partial charge is 0.303 e. The van der Waals surface area contributed by atoms with Gasteiger partial charge in [-0.25, -0.2) is 4.21 Å². The van der Waals surface area contributed by atoms with Gasteiger partial charge in [-0.3, -0.25) is 9.35 Å². The number of nitrogens with zero attached hydrogens (tertiary/aromatic N) is 1. The Bertz CT molecular complexity index is 477. The first-order valence-electron chi connectivity index (χ1n) is 5.73. The van der Waals surface area contributed by atoms with Gasteiger partial charge in [0.25, 0.3) is 0 Å². The molecular formula is C12H15NO4S. The van der Waals surface area contributed by atoms with Gasteiger partial charge in [0.1, 0.15) is 0 Å². The van der Waals surface area contributed by atoms with Crippen LogP contribution in [0.25, 0.3) is 0 Å². The summed E-state index contributed by atoms with van der Waals surface area (Å²) in [5.74, 6) is -0.930. The minimum absolute atomic E-state index is 0.0584. The molecule has 2 rings (SSSR count). The molecule has 0 radical (unpaired) electrons. The Hall–Kier alpha value is -1.24. The summed E-state index contributed by atoms with van der Waals surface area (Å²) in [6.07, 6.45) is 0.637. The van der Waals surface area contributed by atoms with Crippen molar-refractivity contribution in [2.24, 2.45) is 0 Å². The van der Waals surface area contributed by atoms with Crippen LogP contribution in [0.4, 0.5) is 0 Å². The predicted molar refractivity (Wildman–Crippen MR) is 67.2 cm³/mol. The third kappa shape index (κ3) is 2.95. The zero-order valence-electron chi connectivity index (χ0n) is 9.78. The third-order valence-electron chi connectivity index (χ3n) is 3.21. The minimum Gasteiger partial charge on any atom is -0.481 e. The molecule has 5 nitrogen and oxygen atoms in total. The van der Waals surface area contributed by atoms with Crippen molar-refractivity contribution >= 4 is 17.2 Å². The van der Waals surface area contributed by atoms with Crippen molar-refractivity contribution in [1.82, 2.24) is 4.31 Å². The molecule has 2 N–H and O–H groups in total. The number of rotatable bonds is 3. The summed E-state index contributed by atoms with van der Waals surface area (Å²) in [5, 5.41) is 8.94. The fourth-order valence-corrected chi connectivity index (χ4v) is 2.87. The molecule has 98 valence electrons. The van der Waals surface area contributed by atoms with Crippen molar-refractivity contribution in [3.8, 4) is 0 Å². The van der Waals surface area contributed by atoms with Crippen LogP contribution in [0.1, 0.15) is 29.9 Å². The lowest BCUT2D eigenvalue weighted by atomic mass is 9.90. The second kappa shape index (κ2) is 5.60. The highest BCUT2D eigenvalue weighted by Crippen LogP contribution is 2.31. The predicted octanol–water partition coefficient (Wildman–Crippen LogP) is 1.59. The highest BCUT2D eigenvalue weighted by Gasteiger charge is 2.25. The second-order valence-corrected chi connectivity index (χ2v) is 5.35. The molecule has 0 bridgehead atoms. The fraction of sp³-hybridized carbons (Fsp3) is 0.417. The Balaban J connectivity index is 2.31. The lowest BCUT2D eigenvalue weighted by molar-refractivity contribution is -0.137. The Morgan fingerprint density at radius 2 is 2.17 bits per heavy atom. The van der Waals surface area contributed by atoms with Crippen LogP contribution in [-0.2, 0) is 22.6 Å². The number of benzene rings is 1. The van der Waals surface area contributed by atoms with Gasteiger partial charge in [-0.05, 0) is 23.5 Å². The molecule has 0 aliphatic carbocycles. The van der Waals surface area contributed by atoms with Crippen molar-refractivity contribution in [2.45, 2.75) is 25.3 Å². The van der Waals surface area contributed by atoms with E-state index in [1.807, 2.05) is 24.3 Å². The molecule has 0 spiro atoms. The first kappa shape index (κ1) is 13.2. The summed E-state index contributed by atoms with van der Waals surface area (Å²) in [7, 11) is 0. The molecule has 2 atom stereocenters. The Morgan fingerprint density at radius 1 is 1.44 bits per heavy atom. The van der Waals surface area contributed by atoms with Crippen LogP contribution < -0.4 is 0 Å². The van der Waals surface area contributed by atoms with Gasteiger partial charge in [0.05, 0.1) is 6.42 Å². The average Bonchev–Trinajstić information content (AvgIpc) is 2.49. The van der Waals surface area contributed by atoms with Gasteiger partial charge in [0.15, 0.2) is 0 Å². The van der Waals surface area contributed by atoms with Crippen molar-refractivity contribution in [3.05, 3.63) is 35.4 Å². The molecule has 0 fully saturated rings. The van der Waals surface area contributed by atoms with Crippen molar-refractivity contribution in [3.63, 3.8) is 0 Å². The van der Waals surface area contributed by atoms with E-state index < -0.39 is 17.2 Å². The van der Waals surface area contributed by atoms with Crippen LogP contribution >= 0.6 is 0 Å². The van der Waals surface area contributed by atoms with Crippen LogP contribution in [0.5, 0.6) is 0 Å². The number of hydrogen-bond donors (Lipinski definition) is 2. The van der Waals surface area contributed by atoms with Gasteiger partial charge in [-0.1, -0.05) is 24.3 Å². The van der Waals surface area contributed by atoms with E-state index in [1.54, 1.807) is 0 Å². The number of carboxylic acid groups (broad SMARTS) is 1. The second-order valence-electron chi connectivity index (χ2n) is 4.38. The molecule has 0 saturated carbocycles. The van der Waals surface area contributed by atoms with Gasteiger partial charge < -0.3 is 5.11 Å². The van der Waals surface area contributed by atoms with E-state index in [-0.39, 0.29) is 12.3 Å². The van der Waals surface area contributed by atoms with Crippen LogP contribution in [0.2, 0.25) is 0 Å². The fourth-order valence-electron chi connectivity index (χ4n) is 2.36. The van der Waals surface area contributed by atoms with Gasteiger partial charge in [0, 0.05) is 13.1 Å². The maximum Gasteiger partial charge on any atom is 0.303 e. The molecule has 0 amide bonds. The first-order valence-corrected chi connectivity index (χ1v) is 6.80. The van der Waals surface area contributed by atoms with Crippen LogP contribution in [0.3, 0.4) is 0 Å². The van der Waals surface area contributed by atoms with Gasteiger partial charge in [-0.2, -0.15) is 4.31 Å². The summed E-state index contributed by atoms with van der Waals surface area (Å²) < 4.78 is 21.8. The van der Waals surface area contributed by atoms with Gasteiger partial charge >= 0.3 is 5.97 Å². The van der Waals surface area contributed by atoms with Crippen LogP contribution in [0.15, 0.2) is 24.3 Å². The maximum atomic E-state index is 11.2. The van der Waals surface area contributed by atoms with E-state index in [2.05, 4.69) is 0 Å².